The van der Waals surface area contributed by atoms with Gasteiger partial charge in [-0.2, -0.15) is 0 Å². The lowest BCUT2D eigenvalue weighted by Crippen LogP contribution is -2.43. The molecule has 3 heterocycles. The quantitative estimate of drug-likeness (QED) is 0.764. The molecule has 1 aliphatic heterocycles. The van der Waals surface area contributed by atoms with Crippen molar-refractivity contribution in [3.8, 4) is 11.3 Å². The van der Waals surface area contributed by atoms with Crippen LogP contribution in [0.15, 0.2) is 42.6 Å². The molecule has 27 heavy (non-hydrogen) atoms. The minimum atomic E-state index is -0.240. The highest BCUT2D eigenvalue weighted by Gasteiger charge is 2.20. The second-order valence-corrected chi connectivity index (χ2v) is 8.34. The van der Waals surface area contributed by atoms with Crippen LogP contribution < -0.4 is 5.32 Å². The van der Waals surface area contributed by atoms with Crippen LogP contribution in [0.2, 0.25) is 0 Å². The average molecular weight is 366 g/mol. The Morgan fingerprint density at radius 1 is 1.04 bits per heavy atom. The molecule has 0 bridgehead atoms. The van der Waals surface area contributed by atoms with Gasteiger partial charge in [-0.3, -0.25) is 9.30 Å². The van der Waals surface area contributed by atoms with Crippen LogP contribution in [-0.4, -0.2) is 40.5 Å². The maximum Gasteiger partial charge on any atom is 0.139 e. The molecule has 0 unspecified atom stereocenters. The van der Waals surface area contributed by atoms with Crippen molar-refractivity contribution in [1.29, 1.82) is 0 Å². The summed E-state index contributed by atoms with van der Waals surface area (Å²) in [5.41, 5.74) is 5.28. The zero-order chi connectivity index (χ0) is 19.0. The zero-order valence-corrected chi connectivity index (χ0v) is 16.3. The number of hydrogen-bond acceptors (Lipinski definition) is 3. The van der Waals surface area contributed by atoms with E-state index in [1.165, 1.54) is 11.6 Å². The monoisotopic (exact) mass is 366 g/mol. The SMILES string of the molecule is CC(C)(C)c1ccc(-c2nc3ccc(F)cn3c2CN2CCNCC2)cc1. The third kappa shape index (κ3) is 3.75. The number of imidazole rings is 1. The predicted molar refractivity (Wildman–Crippen MR) is 107 cm³/mol. The Morgan fingerprint density at radius 3 is 2.41 bits per heavy atom. The van der Waals surface area contributed by atoms with E-state index >= 15 is 0 Å². The van der Waals surface area contributed by atoms with Crippen molar-refractivity contribution in [1.82, 2.24) is 19.6 Å². The maximum atomic E-state index is 13.9. The molecule has 4 rings (SSSR count). The van der Waals surface area contributed by atoms with E-state index in [0.29, 0.717) is 0 Å². The molecule has 2 aromatic heterocycles. The summed E-state index contributed by atoms with van der Waals surface area (Å²) in [5.74, 6) is -0.240. The Hall–Kier alpha value is -2.24. The first kappa shape index (κ1) is 18.1. The zero-order valence-electron chi connectivity index (χ0n) is 16.3. The van der Waals surface area contributed by atoms with Gasteiger partial charge in [-0.05, 0) is 23.1 Å². The number of aromatic nitrogens is 2. The van der Waals surface area contributed by atoms with Gasteiger partial charge in [0, 0.05) is 44.5 Å². The molecule has 0 amide bonds. The van der Waals surface area contributed by atoms with Gasteiger partial charge in [0.1, 0.15) is 11.5 Å². The highest BCUT2D eigenvalue weighted by Crippen LogP contribution is 2.29. The van der Waals surface area contributed by atoms with E-state index in [9.17, 15) is 4.39 Å². The predicted octanol–water partition coefficient (Wildman–Crippen LogP) is 3.84. The van der Waals surface area contributed by atoms with Crippen molar-refractivity contribution in [2.75, 3.05) is 26.2 Å². The highest BCUT2D eigenvalue weighted by atomic mass is 19.1. The van der Waals surface area contributed by atoms with E-state index in [4.69, 9.17) is 4.98 Å². The van der Waals surface area contributed by atoms with Gasteiger partial charge in [-0.1, -0.05) is 45.0 Å². The first-order chi connectivity index (χ1) is 12.9. The first-order valence-electron chi connectivity index (χ1n) is 9.62. The molecular formula is C22H27FN4. The van der Waals surface area contributed by atoms with Gasteiger partial charge in [0.25, 0.3) is 0 Å². The second-order valence-electron chi connectivity index (χ2n) is 8.34. The molecule has 142 valence electrons. The van der Waals surface area contributed by atoms with E-state index in [-0.39, 0.29) is 11.2 Å². The number of nitrogens with one attached hydrogen (secondary N) is 1. The number of pyridine rings is 1. The van der Waals surface area contributed by atoms with Crippen molar-refractivity contribution in [2.45, 2.75) is 32.7 Å². The van der Waals surface area contributed by atoms with Gasteiger partial charge in [0.05, 0.1) is 11.4 Å². The van der Waals surface area contributed by atoms with Gasteiger partial charge in [-0.25, -0.2) is 9.37 Å². The normalized spacial score (nSPS) is 16.1. The van der Waals surface area contributed by atoms with Gasteiger partial charge in [0.2, 0.25) is 0 Å². The smallest absolute Gasteiger partial charge is 0.139 e. The second kappa shape index (κ2) is 7.06. The Balaban J connectivity index is 1.78. The summed E-state index contributed by atoms with van der Waals surface area (Å²) in [5, 5.41) is 3.38. The summed E-state index contributed by atoms with van der Waals surface area (Å²) < 4.78 is 15.8. The number of piperazine rings is 1. The summed E-state index contributed by atoms with van der Waals surface area (Å²) in [6, 6.07) is 11.9. The molecule has 4 nitrogen and oxygen atoms in total. The third-order valence-electron chi connectivity index (χ3n) is 5.29. The fourth-order valence-electron chi connectivity index (χ4n) is 3.66. The van der Waals surface area contributed by atoms with Crippen molar-refractivity contribution >= 4 is 5.65 Å². The number of nitrogens with zero attached hydrogens (tertiary/aromatic N) is 3. The molecule has 0 saturated carbocycles. The minimum Gasteiger partial charge on any atom is -0.314 e. The fourth-order valence-corrected chi connectivity index (χ4v) is 3.66. The van der Waals surface area contributed by atoms with Crippen LogP contribution in [0.1, 0.15) is 32.0 Å². The molecule has 3 aromatic rings. The molecular weight excluding hydrogens is 339 g/mol. The van der Waals surface area contributed by atoms with Gasteiger partial charge in [-0.15, -0.1) is 0 Å². The molecule has 1 fully saturated rings. The van der Waals surface area contributed by atoms with Gasteiger partial charge in [0.15, 0.2) is 0 Å². The molecule has 0 aliphatic carbocycles. The summed E-state index contributed by atoms with van der Waals surface area (Å²) in [6.45, 7) is 11.4. The maximum absolute atomic E-state index is 13.9. The lowest BCUT2D eigenvalue weighted by atomic mass is 9.86. The molecule has 0 radical (unpaired) electrons. The van der Waals surface area contributed by atoms with E-state index in [1.807, 2.05) is 4.40 Å². The lowest BCUT2D eigenvalue weighted by Gasteiger charge is -2.27. The Bertz CT molecular complexity index is 931. The standard InChI is InChI=1S/C22H27FN4/c1-22(2,3)17-6-4-16(5-7-17)21-19(15-26-12-10-24-11-13-26)27-14-18(23)8-9-20(27)25-21/h4-9,14,24H,10-13,15H2,1-3H3. The molecule has 1 aromatic carbocycles. The lowest BCUT2D eigenvalue weighted by molar-refractivity contribution is 0.230. The Labute approximate surface area is 160 Å². The van der Waals surface area contributed by atoms with E-state index in [0.717, 1.165) is 55.3 Å². The summed E-state index contributed by atoms with van der Waals surface area (Å²) in [7, 11) is 0. The number of fused-ring (bicyclic) bond motifs is 1. The fraction of sp³-hybridized carbons (Fsp3) is 0.409. The largest absolute Gasteiger partial charge is 0.314 e. The van der Waals surface area contributed by atoms with E-state index < -0.39 is 0 Å². The average Bonchev–Trinajstić information content (AvgIpc) is 3.00. The minimum absolute atomic E-state index is 0.115. The van der Waals surface area contributed by atoms with Crippen molar-refractivity contribution in [3.63, 3.8) is 0 Å². The van der Waals surface area contributed by atoms with Crippen molar-refractivity contribution < 1.29 is 4.39 Å². The number of benzene rings is 1. The van der Waals surface area contributed by atoms with Crippen LogP contribution in [0.4, 0.5) is 4.39 Å². The molecule has 1 saturated heterocycles. The summed E-state index contributed by atoms with van der Waals surface area (Å²) in [6.07, 6.45) is 1.55. The molecule has 5 heteroatoms. The third-order valence-corrected chi connectivity index (χ3v) is 5.29. The molecule has 0 atom stereocenters. The van der Waals surface area contributed by atoms with Crippen molar-refractivity contribution in [3.05, 3.63) is 59.7 Å². The topological polar surface area (TPSA) is 32.6 Å². The summed E-state index contributed by atoms with van der Waals surface area (Å²) >= 11 is 0. The molecule has 0 spiro atoms. The van der Waals surface area contributed by atoms with Crippen LogP contribution in [0.3, 0.4) is 0 Å². The number of halogens is 1. The Kier molecular flexibility index (Phi) is 4.74. The molecule has 1 N–H and O–H groups in total. The van der Waals surface area contributed by atoms with Crippen molar-refractivity contribution in [2.24, 2.45) is 0 Å². The van der Waals surface area contributed by atoms with Crippen LogP contribution in [0.5, 0.6) is 0 Å². The molecule has 1 aliphatic rings. The van der Waals surface area contributed by atoms with Crippen LogP contribution in [0, 0.1) is 5.82 Å². The highest BCUT2D eigenvalue weighted by molar-refractivity contribution is 5.67. The number of hydrogen-bond donors (Lipinski definition) is 1. The van der Waals surface area contributed by atoms with Gasteiger partial charge < -0.3 is 5.32 Å². The van der Waals surface area contributed by atoms with Crippen LogP contribution in [0.25, 0.3) is 16.9 Å². The first-order valence-corrected chi connectivity index (χ1v) is 9.62. The van der Waals surface area contributed by atoms with E-state index in [2.05, 4.69) is 55.3 Å². The summed E-state index contributed by atoms with van der Waals surface area (Å²) in [4.78, 5) is 7.24. The van der Waals surface area contributed by atoms with E-state index in [1.54, 1.807) is 12.3 Å². The number of rotatable bonds is 3. The van der Waals surface area contributed by atoms with Crippen LogP contribution >= 0.6 is 0 Å². The van der Waals surface area contributed by atoms with Gasteiger partial charge >= 0.3 is 0 Å². The Morgan fingerprint density at radius 2 is 1.74 bits per heavy atom. The van der Waals surface area contributed by atoms with Crippen LogP contribution in [-0.2, 0) is 12.0 Å².